The van der Waals surface area contributed by atoms with Crippen LogP contribution in [-0.4, -0.2) is 72.0 Å². The number of fused-ring (bicyclic) bond motifs is 5. The number of ether oxygens (including phenoxy) is 4. The van der Waals surface area contributed by atoms with Gasteiger partial charge in [0.2, 0.25) is 0 Å². The molecule has 1 aromatic rings. The summed E-state index contributed by atoms with van der Waals surface area (Å²) in [6.07, 6.45) is 5.33. The average molecular weight is 559 g/mol. The van der Waals surface area contributed by atoms with Crippen LogP contribution in [0, 0.1) is 28.6 Å². The molecule has 224 valence electrons. The summed E-state index contributed by atoms with van der Waals surface area (Å²) in [5.74, 6) is 2.61. The van der Waals surface area contributed by atoms with Crippen LogP contribution in [0.15, 0.2) is 24.3 Å². The SMILES string of the molecule is COc1cccc([C@H]2CC[C@]3(O)[C@@H]4CC[C@@H]5C[C@@H](O[C@@H]6O[C@@H](C)[C@H](O)[C@@H](OC)[C@@H]6O)CC[C@]5(C)[C@H]4CC[C@]23C)c1. The maximum atomic E-state index is 12.6. The van der Waals surface area contributed by atoms with Crippen LogP contribution < -0.4 is 4.74 Å². The lowest BCUT2D eigenvalue weighted by Gasteiger charge is -2.64. The van der Waals surface area contributed by atoms with Gasteiger partial charge in [0.15, 0.2) is 6.29 Å². The van der Waals surface area contributed by atoms with E-state index in [9.17, 15) is 15.3 Å². The number of benzene rings is 1. The number of rotatable bonds is 5. The van der Waals surface area contributed by atoms with Crippen LogP contribution in [0.2, 0.25) is 0 Å². The third kappa shape index (κ3) is 4.29. The molecular weight excluding hydrogens is 508 g/mol. The van der Waals surface area contributed by atoms with Crippen molar-refractivity contribution in [2.45, 2.75) is 127 Å². The molecule has 1 saturated heterocycles. The van der Waals surface area contributed by atoms with Crippen LogP contribution in [0.4, 0.5) is 0 Å². The maximum absolute atomic E-state index is 12.6. The van der Waals surface area contributed by atoms with Crippen LogP contribution in [0.5, 0.6) is 5.75 Å². The number of aliphatic hydroxyl groups excluding tert-OH is 2. The Labute approximate surface area is 239 Å². The van der Waals surface area contributed by atoms with Gasteiger partial charge in [-0.3, -0.25) is 0 Å². The number of methoxy groups -OCH3 is 2. The molecule has 7 heteroatoms. The third-order valence-corrected chi connectivity index (χ3v) is 12.7. The van der Waals surface area contributed by atoms with Gasteiger partial charge in [0, 0.05) is 12.5 Å². The number of aliphatic hydroxyl groups is 3. The molecule has 5 fully saturated rings. The molecule has 0 unspecified atom stereocenters. The Hall–Kier alpha value is -1.22. The van der Waals surface area contributed by atoms with E-state index < -0.39 is 36.3 Å². The quantitative estimate of drug-likeness (QED) is 0.447. The first kappa shape index (κ1) is 28.9. The highest BCUT2D eigenvalue weighted by Crippen LogP contribution is 2.70. The lowest BCUT2D eigenvalue weighted by atomic mass is 9.43. The Morgan fingerprint density at radius 2 is 1.73 bits per heavy atom. The van der Waals surface area contributed by atoms with Gasteiger partial charge in [0.1, 0.15) is 24.1 Å². The molecule has 13 atom stereocenters. The van der Waals surface area contributed by atoms with E-state index in [1.165, 1.54) is 12.7 Å². The fourth-order valence-electron chi connectivity index (χ4n) is 10.3. The first-order valence-corrected chi connectivity index (χ1v) is 15.6. The van der Waals surface area contributed by atoms with E-state index in [2.05, 4.69) is 32.0 Å². The largest absolute Gasteiger partial charge is 0.497 e. The van der Waals surface area contributed by atoms with E-state index in [-0.39, 0.29) is 16.9 Å². The minimum atomic E-state index is -1.02. The van der Waals surface area contributed by atoms with Crippen molar-refractivity contribution in [3.05, 3.63) is 29.8 Å². The van der Waals surface area contributed by atoms with Gasteiger partial charge in [0.05, 0.1) is 24.9 Å². The van der Waals surface area contributed by atoms with Gasteiger partial charge in [-0.1, -0.05) is 26.0 Å². The molecule has 0 aromatic heterocycles. The molecule has 0 bridgehead atoms. The average Bonchev–Trinajstić information content (AvgIpc) is 3.23. The molecule has 0 spiro atoms. The first-order valence-electron chi connectivity index (χ1n) is 15.6. The summed E-state index contributed by atoms with van der Waals surface area (Å²) in [5, 5.41) is 33.7. The zero-order chi connectivity index (χ0) is 28.4. The van der Waals surface area contributed by atoms with Gasteiger partial charge in [-0.25, -0.2) is 0 Å². The molecule has 1 aromatic carbocycles. The molecule has 5 aliphatic rings. The summed E-state index contributed by atoms with van der Waals surface area (Å²) in [7, 11) is 3.23. The Morgan fingerprint density at radius 3 is 2.48 bits per heavy atom. The molecular formula is C33H50O7. The summed E-state index contributed by atoms with van der Waals surface area (Å²) in [6, 6.07) is 8.49. The van der Waals surface area contributed by atoms with Crippen molar-refractivity contribution in [3.63, 3.8) is 0 Å². The van der Waals surface area contributed by atoms with Gasteiger partial charge >= 0.3 is 0 Å². The van der Waals surface area contributed by atoms with E-state index >= 15 is 0 Å². The second kappa shape index (κ2) is 10.5. The Balaban J connectivity index is 1.16. The number of hydrogen-bond donors (Lipinski definition) is 3. The van der Waals surface area contributed by atoms with Crippen molar-refractivity contribution in [1.29, 1.82) is 0 Å². The summed E-state index contributed by atoms with van der Waals surface area (Å²) >= 11 is 0. The molecule has 40 heavy (non-hydrogen) atoms. The molecule has 4 saturated carbocycles. The van der Waals surface area contributed by atoms with E-state index in [1.54, 1.807) is 14.0 Å². The van der Waals surface area contributed by atoms with E-state index in [0.29, 0.717) is 23.7 Å². The highest BCUT2D eigenvalue weighted by Gasteiger charge is 2.67. The summed E-state index contributed by atoms with van der Waals surface area (Å²) in [4.78, 5) is 0. The van der Waals surface area contributed by atoms with Crippen molar-refractivity contribution in [2.75, 3.05) is 14.2 Å². The molecule has 3 N–H and O–H groups in total. The fraction of sp³-hybridized carbons (Fsp3) is 0.818. The topological polar surface area (TPSA) is 97.6 Å². The lowest BCUT2D eigenvalue weighted by Crippen LogP contribution is -2.62. The normalized spacial score (nSPS) is 50.5. The monoisotopic (exact) mass is 558 g/mol. The highest BCUT2D eigenvalue weighted by atomic mass is 16.7. The second-order valence-corrected chi connectivity index (χ2v) is 14.2. The number of hydrogen-bond acceptors (Lipinski definition) is 7. The summed E-state index contributed by atoms with van der Waals surface area (Å²) in [5.41, 5.74) is 0.714. The zero-order valence-electron chi connectivity index (χ0n) is 24.9. The Morgan fingerprint density at radius 1 is 0.925 bits per heavy atom. The summed E-state index contributed by atoms with van der Waals surface area (Å²) < 4.78 is 23.2. The van der Waals surface area contributed by atoms with E-state index in [4.69, 9.17) is 18.9 Å². The minimum absolute atomic E-state index is 0.00934. The van der Waals surface area contributed by atoms with Crippen LogP contribution >= 0.6 is 0 Å². The third-order valence-electron chi connectivity index (χ3n) is 12.7. The van der Waals surface area contributed by atoms with Gasteiger partial charge in [-0.2, -0.15) is 0 Å². The Bertz CT molecular complexity index is 1060. The molecule has 0 amide bonds. The van der Waals surface area contributed by atoms with Crippen LogP contribution in [0.25, 0.3) is 0 Å². The van der Waals surface area contributed by atoms with Crippen molar-refractivity contribution >= 4 is 0 Å². The van der Waals surface area contributed by atoms with Crippen molar-refractivity contribution in [1.82, 2.24) is 0 Å². The first-order chi connectivity index (χ1) is 19.1. The van der Waals surface area contributed by atoms with Crippen LogP contribution in [0.3, 0.4) is 0 Å². The molecule has 0 radical (unpaired) electrons. The highest BCUT2D eigenvalue weighted by molar-refractivity contribution is 5.35. The van der Waals surface area contributed by atoms with Gasteiger partial charge in [-0.05, 0) is 111 Å². The van der Waals surface area contributed by atoms with Crippen molar-refractivity contribution < 1.29 is 34.3 Å². The standard InChI is InChI=1S/C33H50O7/c1-19-27(34)29(38-5)28(35)30(39-19)40-23-11-14-31(2)21(18-23)9-10-26-25(31)12-15-32(3)24(13-16-33(26,32)36)20-7-6-8-22(17-20)37-4/h6-8,17,19,21,23-30,34-36H,9-16,18H2,1-5H3/t19-,21+,23-,24+,25-,26+,27-,28-,29+,30-,31-,32+,33-/m0/s1. The predicted molar refractivity (Wildman–Crippen MR) is 151 cm³/mol. The maximum Gasteiger partial charge on any atom is 0.186 e. The van der Waals surface area contributed by atoms with Crippen LogP contribution in [0.1, 0.15) is 90.0 Å². The zero-order valence-corrected chi connectivity index (χ0v) is 24.9. The molecule has 6 rings (SSSR count). The summed E-state index contributed by atoms with van der Waals surface area (Å²) in [6.45, 7) is 6.64. The van der Waals surface area contributed by atoms with Crippen LogP contribution in [-0.2, 0) is 14.2 Å². The van der Waals surface area contributed by atoms with E-state index in [0.717, 1.165) is 63.5 Å². The van der Waals surface area contributed by atoms with Gasteiger partial charge in [0.25, 0.3) is 0 Å². The minimum Gasteiger partial charge on any atom is -0.497 e. The molecule has 1 aliphatic heterocycles. The fourth-order valence-corrected chi connectivity index (χ4v) is 10.3. The Kier molecular flexibility index (Phi) is 7.58. The van der Waals surface area contributed by atoms with Crippen molar-refractivity contribution in [3.8, 4) is 5.75 Å². The molecule has 7 nitrogen and oxygen atoms in total. The smallest absolute Gasteiger partial charge is 0.186 e. The lowest BCUT2D eigenvalue weighted by molar-refractivity contribution is -0.313. The second-order valence-electron chi connectivity index (χ2n) is 14.2. The molecule has 1 heterocycles. The predicted octanol–water partition coefficient (Wildman–Crippen LogP) is 4.80. The van der Waals surface area contributed by atoms with E-state index in [1.807, 2.05) is 6.07 Å². The molecule has 4 aliphatic carbocycles. The van der Waals surface area contributed by atoms with Gasteiger partial charge in [-0.15, -0.1) is 0 Å². The van der Waals surface area contributed by atoms with Crippen molar-refractivity contribution in [2.24, 2.45) is 28.6 Å². The van der Waals surface area contributed by atoms with Gasteiger partial charge < -0.3 is 34.3 Å².